The van der Waals surface area contributed by atoms with Gasteiger partial charge in [-0.25, -0.2) is 14.4 Å². The van der Waals surface area contributed by atoms with Crippen LogP contribution in [0.25, 0.3) is 0 Å². The first kappa shape index (κ1) is 21.4. The van der Waals surface area contributed by atoms with Crippen molar-refractivity contribution < 1.29 is 13.9 Å². The van der Waals surface area contributed by atoms with Gasteiger partial charge in [0.25, 0.3) is 0 Å². The van der Waals surface area contributed by atoms with Crippen molar-refractivity contribution in [2.75, 3.05) is 25.0 Å². The summed E-state index contributed by atoms with van der Waals surface area (Å²) in [5.41, 5.74) is 2.80. The molecule has 3 aromatic rings. The maximum Gasteiger partial charge on any atom is 0.222 e. The van der Waals surface area contributed by atoms with Gasteiger partial charge in [-0.05, 0) is 49.6 Å². The molecule has 0 saturated carbocycles. The molecular formula is C23H25FN4O2S. The average Bonchev–Trinajstić information content (AvgIpc) is 3.20. The molecule has 3 heterocycles. The van der Waals surface area contributed by atoms with E-state index in [4.69, 9.17) is 4.74 Å². The van der Waals surface area contributed by atoms with Gasteiger partial charge in [0.15, 0.2) is 5.13 Å². The van der Waals surface area contributed by atoms with E-state index in [-0.39, 0.29) is 17.8 Å². The summed E-state index contributed by atoms with van der Waals surface area (Å²) < 4.78 is 18.9. The highest BCUT2D eigenvalue weighted by Gasteiger charge is 2.26. The van der Waals surface area contributed by atoms with Crippen LogP contribution in [0.4, 0.5) is 15.3 Å². The zero-order valence-electron chi connectivity index (χ0n) is 17.4. The van der Waals surface area contributed by atoms with E-state index < -0.39 is 0 Å². The molecule has 1 aliphatic heterocycles. The number of morpholine rings is 1. The van der Waals surface area contributed by atoms with Crippen LogP contribution in [-0.2, 0) is 16.0 Å². The van der Waals surface area contributed by atoms with Crippen LogP contribution < -0.4 is 5.32 Å². The SMILES string of the molecule is Cc1csc(Nc2cccc([C@H]3CN(C(=O)CCCc4ccc(F)cc4)CCO3)n2)n1. The number of carbonyl (C=O) groups excluding carboxylic acids is 1. The molecule has 0 radical (unpaired) electrons. The van der Waals surface area contributed by atoms with Gasteiger partial charge in [-0.3, -0.25) is 4.79 Å². The van der Waals surface area contributed by atoms with E-state index in [9.17, 15) is 9.18 Å². The molecule has 1 amide bonds. The lowest BCUT2D eigenvalue weighted by molar-refractivity contribution is -0.139. The number of anilines is 2. The fourth-order valence-electron chi connectivity index (χ4n) is 3.53. The number of thiazole rings is 1. The van der Waals surface area contributed by atoms with Crippen LogP contribution in [0.1, 0.15) is 35.9 Å². The van der Waals surface area contributed by atoms with Crippen molar-refractivity contribution in [2.24, 2.45) is 0 Å². The van der Waals surface area contributed by atoms with Crippen LogP contribution in [0.3, 0.4) is 0 Å². The Morgan fingerprint density at radius 2 is 2.10 bits per heavy atom. The maximum atomic E-state index is 13.0. The molecule has 31 heavy (non-hydrogen) atoms. The molecule has 4 rings (SSSR count). The van der Waals surface area contributed by atoms with E-state index in [0.29, 0.717) is 31.9 Å². The topological polar surface area (TPSA) is 67.4 Å². The average molecular weight is 441 g/mol. The number of pyridine rings is 1. The molecule has 0 unspecified atom stereocenters. The molecule has 0 bridgehead atoms. The number of benzene rings is 1. The minimum atomic E-state index is -0.255. The molecule has 8 heteroatoms. The number of nitrogens with one attached hydrogen (secondary N) is 1. The highest BCUT2D eigenvalue weighted by atomic mass is 32.1. The summed E-state index contributed by atoms with van der Waals surface area (Å²) >= 11 is 1.53. The predicted octanol–water partition coefficient (Wildman–Crippen LogP) is 4.65. The molecular weight excluding hydrogens is 415 g/mol. The van der Waals surface area contributed by atoms with Crippen molar-refractivity contribution in [3.05, 3.63) is 70.6 Å². The van der Waals surface area contributed by atoms with Crippen molar-refractivity contribution in [3.8, 4) is 0 Å². The van der Waals surface area contributed by atoms with E-state index in [1.165, 1.54) is 23.5 Å². The van der Waals surface area contributed by atoms with E-state index in [0.717, 1.165) is 34.9 Å². The van der Waals surface area contributed by atoms with Crippen molar-refractivity contribution >= 4 is 28.2 Å². The number of hydrogen-bond donors (Lipinski definition) is 1. The monoisotopic (exact) mass is 440 g/mol. The summed E-state index contributed by atoms with van der Waals surface area (Å²) in [6.07, 6.45) is 1.69. The van der Waals surface area contributed by atoms with Crippen LogP contribution >= 0.6 is 11.3 Å². The Hall–Kier alpha value is -2.84. The van der Waals surface area contributed by atoms with E-state index in [1.807, 2.05) is 35.4 Å². The summed E-state index contributed by atoms with van der Waals surface area (Å²) in [5.74, 6) is 0.579. The highest BCUT2D eigenvalue weighted by molar-refractivity contribution is 7.13. The molecule has 1 N–H and O–H groups in total. The third-order valence-electron chi connectivity index (χ3n) is 5.14. The molecule has 6 nitrogen and oxygen atoms in total. The van der Waals surface area contributed by atoms with E-state index in [1.54, 1.807) is 12.1 Å². The van der Waals surface area contributed by atoms with Crippen LogP contribution in [0.5, 0.6) is 0 Å². The summed E-state index contributed by atoms with van der Waals surface area (Å²) in [6.45, 7) is 3.51. The highest BCUT2D eigenvalue weighted by Crippen LogP contribution is 2.25. The van der Waals surface area contributed by atoms with Gasteiger partial charge < -0.3 is 15.0 Å². The third kappa shape index (κ3) is 5.86. The number of aromatic nitrogens is 2. The largest absolute Gasteiger partial charge is 0.368 e. The number of rotatable bonds is 7. The van der Waals surface area contributed by atoms with Crippen LogP contribution in [0.15, 0.2) is 47.8 Å². The molecule has 0 aliphatic carbocycles. The number of amides is 1. The molecule has 162 valence electrons. The first-order valence-electron chi connectivity index (χ1n) is 10.4. The van der Waals surface area contributed by atoms with E-state index >= 15 is 0 Å². The molecule has 1 atom stereocenters. The minimum absolute atomic E-state index is 0.114. The van der Waals surface area contributed by atoms with Gasteiger partial charge in [-0.2, -0.15) is 0 Å². The number of halogens is 1. The number of hydrogen-bond acceptors (Lipinski definition) is 6. The van der Waals surface area contributed by atoms with Gasteiger partial charge in [-0.15, -0.1) is 11.3 Å². The fourth-order valence-corrected chi connectivity index (χ4v) is 4.22. The van der Waals surface area contributed by atoms with Crippen molar-refractivity contribution in [1.29, 1.82) is 0 Å². The standard InChI is InChI=1S/C23H25FN4O2S/c1-16-15-31-23(25-16)27-21-6-3-5-19(26-21)20-14-28(12-13-30-20)22(29)7-2-4-17-8-10-18(24)11-9-17/h3,5-6,8-11,15,20H,2,4,7,12-14H2,1H3,(H,25,26,27)/t20-/m1/s1. The number of nitrogens with zero attached hydrogens (tertiary/aromatic N) is 3. The molecule has 1 saturated heterocycles. The normalized spacial score (nSPS) is 16.3. The first-order chi connectivity index (χ1) is 15.1. The van der Waals surface area contributed by atoms with Crippen LogP contribution in [0, 0.1) is 12.7 Å². The second-order valence-electron chi connectivity index (χ2n) is 7.55. The Balaban J connectivity index is 1.32. The zero-order valence-corrected chi connectivity index (χ0v) is 18.2. The van der Waals surface area contributed by atoms with Gasteiger partial charge >= 0.3 is 0 Å². The third-order valence-corrected chi connectivity index (χ3v) is 6.02. The quantitative estimate of drug-likeness (QED) is 0.579. The molecule has 1 fully saturated rings. The Kier molecular flexibility index (Phi) is 6.89. The van der Waals surface area contributed by atoms with Gasteiger partial charge in [0, 0.05) is 18.3 Å². The number of aryl methyl sites for hydroxylation is 2. The second kappa shape index (κ2) is 9.98. The maximum absolute atomic E-state index is 13.0. The lowest BCUT2D eigenvalue weighted by Crippen LogP contribution is -2.42. The number of carbonyl (C=O) groups is 1. The predicted molar refractivity (Wildman–Crippen MR) is 119 cm³/mol. The zero-order chi connectivity index (χ0) is 21.6. The van der Waals surface area contributed by atoms with Gasteiger partial charge in [0.2, 0.25) is 5.91 Å². The Bertz CT molecular complexity index is 1020. The second-order valence-corrected chi connectivity index (χ2v) is 8.40. The molecule has 1 aromatic carbocycles. The summed E-state index contributed by atoms with van der Waals surface area (Å²) in [7, 11) is 0. The molecule has 0 spiro atoms. The summed E-state index contributed by atoms with van der Waals surface area (Å²) in [6, 6.07) is 12.2. The van der Waals surface area contributed by atoms with Crippen molar-refractivity contribution in [3.63, 3.8) is 0 Å². The molecule has 1 aliphatic rings. The summed E-state index contributed by atoms with van der Waals surface area (Å²) in [4.78, 5) is 23.6. The van der Waals surface area contributed by atoms with E-state index in [2.05, 4.69) is 15.3 Å². The van der Waals surface area contributed by atoms with Crippen molar-refractivity contribution in [2.45, 2.75) is 32.3 Å². The summed E-state index contributed by atoms with van der Waals surface area (Å²) in [5, 5.41) is 6.00. The van der Waals surface area contributed by atoms with Gasteiger partial charge in [-0.1, -0.05) is 18.2 Å². The minimum Gasteiger partial charge on any atom is -0.368 e. The lowest BCUT2D eigenvalue weighted by atomic mass is 10.1. The Morgan fingerprint density at radius 3 is 2.87 bits per heavy atom. The Morgan fingerprint density at radius 1 is 1.26 bits per heavy atom. The van der Waals surface area contributed by atoms with Gasteiger partial charge in [0.1, 0.15) is 17.7 Å². The van der Waals surface area contributed by atoms with Crippen LogP contribution in [-0.4, -0.2) is 40.5 Å². The first-order valence-corrected chi connectivity index (χ1v) is 11.2. The number of ether oxygens (including phenoxy) is 1. The smallest absolute Gasteiger partial charge is 0.222 e. The lowest BCUT2D eigenvalue weighted by Gasteiger charge is -2.33. The van der Waals surface area contributed by atoms with Gasteiger partial charge in [0.05, 0.1) is 24.5 Å². The van der Waals surface area contributed by atoms with Crippen LogP contribution in [0.2, 0.25) is 0 Å². The molecule has 2 aromatic heterocycles. The fraction of sp³-hybridized carbons (Fsp3) is 0.348. The van der Waals surface area contributed by atoms with Crippen molar-refractivity contribution in [1.82, 2.24) is 14.9 Å². The Labute approximate surface area is 185 Å².